The Morgan fingerprint density at radius 2 is 1.67 bits per heavy atom. The summed E-state index contributed by atoms with van der Waals surface area (Å²) < 4.78 is 4.83. The maximum absolute atomic E-state index is 11.3. The van der Waals surface area contributed by atoms with Gasteiger partial charge >= 0.3 is 5.97 Å². The Labute approximate surface area is 129 Å². The molecule has 0 amide bonds. The fraction of sp³-hybridized carbons (Fsp3) is 0.824. The fourth-order valence-corrected chi connectivity index (χ4v) is 1.93. The summed E-state index contributed by atoms with van der Waals surface area (Å²) in [4.78, 5) is 11.3. The maximum Gasteiger partial charge on any atom is 0.305 e. The van der Waals surface area contributed by atoms with Crippen LogP contribution in [0, 0.1) is 0 Å². The van der Waals surface area contributed by atoms with E-state index in [0.717, 1.165) is 25.7 Å². The molecule has 1 atom stereocenters. The van der Waals surface area contributed by atoms with Crippen LogP contribution in [0.3, 0.4) is 0 Å². The van der Waals surface area contributed by atoms with Crippen molar-refractivity contribution in [1.82, 2.24) is 0 Å². The number of carbonyl (C=O) groups excluding carboxylic acids is 1. The quantitative estimate of drug-likeness (QED) is 0.293. The van der Waals surface area contributed by atoms with E-state index in [2.05, 4.69) is 19.1 Å². The number of carbonyl (C=O) groups is 1. The highest BCUT2D eigenvalue weighted by atomic mass is 16.5. The van der Waals surface area contributed by atoms with Gasteiger partial charge in [-0.05, 0) is 25.7 Å². The summed E-state index contributed by atoms with van der Waals surface area (Å²) in [5.74, 6) is -0.290. The summed E-state index contributed by atoms with van der Waals surface area (Å²) in [7, 11) is 0. The molecule has 0 saturated carbocycles. The van der Waals surface area contributed by atoms with E-state index in [9.17, 15) is 4.79 Å². The van der Waals surface area contributed by atoms with Crippen LogP contribution in [0.25, 0.3) is 0 Å². The van der Waals surface area contributed by atoms with Gasteiger partial charge in [0.1, 0.15) is 12.7 Å². The number of hydrogen-bond acceptors (Lipinski definition) is 4. The molecule has 0 fully saturated rings. The van der Waals surface area contributed by atoms with Crippen molar-refractivity contribution in [2.45, 2.75) is 77.2 Å². The Morgan fingerprint density at radius 3 is 2.33 bits per heavy atom. The number of hydrogen-bond donors (Lipinski definition) is 2. The van der Waals surface area contributed by atoms with Gasteiger partial charge in [-0.25, -0.2) is 0 Å². The monoisotopic (exact) mass is 300 g/mol. The lowest BCUT2D eigenvalue weighted by atomic mass is 10.1. The Balaban J connectivity index is 3.24. The molecular formula is C17H32O4. The minimum atomic E-state index is -0.959. The first-order chi connectivity index (χ1) is 10.2. The van der Waals surface area contributed by atoms with Crippen molar-refractivity contribution in [2.75, 3.05) is 13.2 Å². The average Bonchev–Trinajstić information content (AvgIpc) is 2.50. The summed E-state index contributed by atoms with van der Waals surface area (Å²) in [6, 6.07) is 0. The Hall–Kier alpha value is -0.870. The molecule has 0 aromatic carbocycles. The summed E-state index contributed by atoms with van der Waals surface area (Å²) in [6.07, 6.45) is 14.3. The van der Waals surface area contributed by atoms with Crippen molar-refractivity contribution in [1.29, 1.82) is 0 Å². The molecule has 0 rings (SSSR count). The fourth-order valence-electron chi connectivity index (χ4n) is 1.93. The highest BCUT2D eigenvalue weighted by molar-refractivity contribution is 5.69. The van der Waals surface area contributed by atoms with E-state index in [0.29, 0.717) is 6.42 Å². The topological polar surface area (TPSA) is 66.8 Å². The van der Waals surface area contributed by atoms with Crippen LogP contribution in [-0.4, -0.2) is 35.5 Å². The number of unbranched alkanes of at least 4 members (excludes halogenated alkanes) is 7. The first-order valence-electron chi connectivity index (χ1n) is 8.30. The molecule has 0 radical (unpaired) electrons. The SMILES string of the molecule is CCCCC=CCCCCCCCC(=O)OCC(O)CO. The van der Waals surface area contributed by atoms with Crippen molar-refractivity contribution in [3.8, 4) is 0 Å². The van der Waals surface area contributed by atoms with Crippen LogP contribution in [0.2, 0.25) is 0 Å². The van der Waals surface area contributed by atoms with Gasteiger partial charge < -0.3 is 14.9 Å². The third-order valence-electron chi connectivity index (χ3n) is 3.29. The normalized spacial score (nSPS) is 12.7. The van der Waals surface area contributed by atoms with Crippen molar-refractivity contribution in [3.63, 3.8) is 0 Å². The smallest absolute Gasteiger partial charge is 0.305 e. The molecule has 0 aliphatic heterocycles. The van der Waals surface area contributed by atoms with Crippen LogP contribution >= 0.6 is 0 Å². The first kappa shape index (κ1) is 20.1. The highest BCUT2D eigenvalue weighted by Crippen LogP contribution is 2.08. The van der Waals surface area contributed by atoms with Crippen molar-refractivity contribution in [3.05, 3.63) is 12.2 Å². The maximum atomic E-state index is 11.3. The Morgan fingerprint density at radius 1 is 1.05 bits per heavy atom. The molecular weight excluding hydrogens is 268 g/mol. The zero-order valence-corrected chi connectivity index (χ0v) is 13.4. The van der Waals surface area contributed by atoms with Crippen molar-refractivity contribution in [2.24, 2.45) is 0 Å². The van der Waals surface area contributed by atoms with Gasteiger partial charge in [0.05, 0.1) is 6.61 Å². The first-order valence-corrected chi connectivity index (χ1v) is 8.30. The number of aliphatic hydroxyl groups is 2. The lowest BCUT2D eigenvalue weighted by Crippen LogP contribution is -2.21. The van der Waals surface area contributed by atoms with Gasteiger partial charge in [0, 0.05) is 6.42 Å². The van der Waals surface area contributed by atoms with Crippen LogP contribution in [0.4, 0.5) is 0 Å². The van der Waals surface area contributed by atoms with E-state index in [1.165, 1.54) is 32.1 Å². The number of esters is 1. The molecule has 2 N–H and O–H groups in total. The predicted molar refractivity (Wildman–Crippen MR) is 85.0 cm³/mol. The van der Waals surface area contributed by atoms with Gasteiger partial charge in [0.15, 0.2) is 0 Å². The lowest BCUT2D eigenvalue weighted by molar-refractivity contribution is -0.147. The van der Waals surface area contributed by atoms with Crippen LogP contribution in [0.1, 0.15) is 71.1 Å². The predicted octanol–water partition coefficient (Wildman–Crippen LogP) is 3.36. The largest absolute Gasteiger partial charge is 0.463 e. The molecule has 0 aliphatic carbocycles. The third kappa shape index (κ3) is 15.3. The molecule has 0 aromatic rings. The summed E-state index contributed by atoms with van der Waals surface area (Å²) in [6.45, 7) is 1.72. The van der Waals surface area contributed by atoms with Gasteiger partial charge in [0.2, 0.25) is 0 Å². The molecule has 0 bridgehead atoms. The van der Waals surface area contributed by atoms with Crippen molar-refractivity contribution < 1.29 is 19.7 Å². The van der Waals surface area contributed by atoms with Crippen LogP contribution in [0.5, 0.6) is 0 Å². The van der Waals surface area contributed by atoms with E-state index in [1.807, 2.05) is 0 Å². The standard InChI is InChI=1S/C17H32O4/c1-2-3-4-5-6-7-8-9-10-11-12-13-17(20)21-15-16(19)14-18/h5-6,16,18-19H,2-4,7-15H2,1H3. The third-order valence-corrected chi connectivity index (χ3v) is 3.29. The molecule has 124 valence electrons. The molecule has 0 saturated heterocycles. The Bertz CT molecular complexity index is 264. The van der Waals surface area contributed by atoms with Crippen molar-refractivity contribution >= 4 is 5.97 Å². The number of rotatable bonds is 14. The molecule has 0 spiro atoms. The van der Waals surface area contributed by atoms with Crippen LogP contribution in [-0.2, 0) is 9.53 Å². The van der Waals surface area contributed by atoms with Gasteiger partial charge in [-0.1, -0.05) is 51.2 Å². The van der Waals surface area contributed by atoms with Gasteiger partial charge in [0.25, 0.3) is 0 Å². The molecule has 21 heavy (non-hydrogen) atoms. The number of allylic oxidation sites excluding steroid dienone is 2. The second-order valence-corrected chi connectivity index (χ2v) is 5.44. The minimum Gasteiger partial charge on any atom is -0.463 e. The molecule has 0 aromatic heterocycles. The summed E-state index contributed by atoms with van der Waals surface area (Å²) >= 11 is 0. The molecule has 1 unspecified atom stereocenters. The number of aliphatic hydroxyl groups excluding tert-OH is 2. The van der Waals surface area contributed by atoms with E-state index >= 15 is 0 Å². The van der Waals surface area contributed by atoms with Crippen LogP contribution < -0.4 is 0 Å². The summed E-state index contributed by atoms with van der Waals surface area (Å²) in [5, 5.41) is 17.6. The Kier molecular flexibility index (Phi) is 14.9. The molecule has 0 aliphatic rings. The highest BCUT2D eigenvalue weighted by Gasteiger charge is 2.07. The molecule has 0 heterocycles. The second kappa shape index (κ2) is 15.5. The lowest BCUT2D eigenvalue weighted by Gasteiger charge is -2.08. The average molecular weight is 300 g/mol. The second-order valence-electron chi connectivity index (χ2n) is 5.44. The van der Waals surface area contributed by atoms with E-state index in [4.69, 9.17) is 14.9 Å². The van der Waals surface area contributed by atoms with E-state index < -0.39 is 6.10 Å². The van der Waals surface area contributed by atoms with E-state index in [-0.39, 0.29) is 19.2 Å². The summed E-state index contributed by atoms with van der Waals surface area (Å²) in [5.41, 5.74) is 0. The zero-order chi connectivity index (χ0) is 15.8. The minimum absolute atomic E-state index is 0.111. The van der Waals surface area contributed by atoms with Gasteiger partial charge in [-0.3, -0.25) is 4.79 Å². The molecule has 4 nitrogen and oxygen atoms in total. The van der Waals surface area contributed by atoms with Gasteiger partial charge in [-0.15, -0.1) is 0 Å². The zero-order valence-electron chi connectivity index (χ0n) is 13.4. The molecule has 4 heteroatoms. The van der Waals surface area contributed by atoms with Crippen LogP contribution in [0.15, 0.2) is 12.2 Å². The number of ether oxygens (including phenoxy) is 1. The van der Waals surface area contributed by atoms with Gasteiger partial charge in [-0.2, -0.15) is 0 Å². The van der Waals surface area contributed by atoms with E-state index in [1.54, 1.807) is 0 Å².